The second-order valence-electron chi connectivity index (χ2n) is 8.38. The highest BCUT2D eigenvalue weighted by Crippen LogP contribution is 2.53. The van der Waals surface area contributed by atoms with Crippen LogP contribution in [0.15, 0.2) is 0 Å². The van der Waals surface area contributed by atoms with E-state index in [0.29, 0.717) is 30.4 Å². The Kier molecular flexibility index (Phi) is 8.03. The predicted molar refractivity (Wildman–Crippen MR) is 104 cm³/mol. The van der Waals surface area contributed by atoms with Gasteiger partial charge in [0.15, 0.2) is 0 Å². The van der Waals surface area contributed by atoms with Crippen LogP contribution in [0.4, 0.5) is 0 Å². The number of nitrogens with one attached hydrogen (secondary N) is 2. The van der Waals surface area contributed by atoms with Crippen molar-refractivity contribution in [2.24, 2.45) is 17.3 Å². The zero-order chi connectivity index (χ0) is 17.0. The quantitative estimate of drug-likeness (QED) is 0.747. The average Bonchev–Trinajstić information content (AvgIpc) is 2.62. The molecular weight excluding hydrogens is 336 g/mol. The number of rotatable bonds is 6. The molecule has 4 unspecified atom stereocenters. The van der Waals surface area contributed by atoms with Crippen LogP contribution in [0.3, 0.4) is 0 Å². The van der Waals surface area contributed by atoms with E-state index in [9.17, 15) is 4.79 Å². The molecule has 146 valence electrons. The molecule has 4 nitrogen and oxygen atoms in total. The predicted octanol–water partition coefficient (Wildman–Crippen LogP) is 3.68. The molecule has 5 heteroatoms. The Morgan fingerprint density at radius 1 is 1.28 bits per heavy atom. The van der Waals surface area contributed by atoms with Crippen molar-refractivity contribution in [2.75, 3.05) is 19.7 Å². The molecule has 3 aliphatic rings. The van der Waals surface area contributed by atoms with Gasteiger partial charge in [-0.1, -0.05) is 26.2 Å². The van der Waals surface area contributed by atoms with E-state index >= 15 is 0 Å². The maximum atomic E-state index is 12.6. The Labute approximate surface area is 159 Å². The molecule has 1 spiro atoms. The van der Waals surface area contributed by atoms with Gasteiger partial charge in [0.1, 0.15) is 0 Å². The van der Waals surface area contributed by atoms with Crippen molar-refractivity contribution in [1.82, 2.24) is 10.6 Å². The molecule has 1 saturated heterocycles. The lowest BCUT2D eigenvalue weighted by Crippen LogP contribution is -2.65. The van der Waals surface area contributed by atoms with Gasteiger partial charge in [0, 0.05) is 24.5 Å². The van der Waals surface area contributed by atoms with Crippen molar-refractivity contribution < 1.29 is 9.53 Å². The largest absolute Gasteiger partial charge is 0.378 e. The number of amides is 1. The molecular formula is C20H37ClN2O2. The summed E-state index contributed by atoms with van der Waals surface area (Å²) in [5, 5.41) is 6.87. The van der Waals surface area contributed by atoms with E-state index in [4.69, 9.17) is 4.74 Å². The van der Waals surface area contributed by atoms with Crippen molar-refractivity contribution >= 4 is 18.3 Å². The highest BCUT2D eigenvalue weighted by Gasteiger charge is 2.56. The van der Waals surface area contributed by atoms with Crippen molar-refractivity contribution in [1.29, 1.82) is 0 Å². The second-order valence-corrected chi connectivity index (χ2v) is 8.38. The van der Waals surface area contributed by atoms with Crippen LogP contribution in [0.1, 0.15) is 71.6 Å². The van der Waals surface area contributed by atoms with Crippen LogP contribution in [0.5, 0.6) is 0 Å². The summed E-state index contributed by atoms with van der Waals surface area (Å²) < 4.78 is 6.00. The van der Waals surface area contributed by atoms with Crippen LogP contribution in [-0.2, 0) is 9.53 Å². The molecule has 0 radical (unpaired) electrons. The normalized spacial score (nSPS) is 32.3. The van der Waals surface area contributed by atoms with Crippen LogP contribution >= 0.6 is 12.4 Å². The van der Waals surface area contributed by atoms with Crippen LogP contribution in [0, 0.1) is 17.3 Å². The topological polar surface area (TPSA) is 50.4 Å². The Bertz CT molecular complexity index is 420. The minimum Gasteiger partial charge on any atom is -0.378 e. The van der Waals surface area contributed by atoms with Crippen molar-refractivity contribution in [2.45, 2.75) is 83.8 Å². The summed E-state index contributed by atoms with van der Waals surface area (Å²) in [7, 11) is 0. The van der Waals surface area contributed by atoms with Crippen LogP contribution in [0.25, 0.3) is 0 Å². The molecule has 0 aromatic carbocycles. The number of carbonyl (C=O) groups is 1. The van der Waals surface area contributed by atoms with E-state index in [1.54, 1.807) is 0 Å². The summed E-state index contributed by atoms with van der Waals surface area (Å²) in [5.41, 5.74) is 0.236. The van der Waals surface area contributed by atoms with Crippen molar-refractivity contribution in [3.63, 3.8) is 0 Å². The molecule has 3 fully saturated rings. The molecule has 3 rings (SSSR count). The average molecular weight is 373 g/mol. The van der Waals surface area contributed by atoms with Crippen molar-refractivity contribution in [3.8, 4) is 0 Å². The first-order chi connectivity index (χ1) is 11.7. The van der Waals surface area contributed by atoms with E-state index in [0.717, 1.165) is 26.1 Å². The van der Waals surface area contributed by atoms with E-state index in [1.807, 2.05) is 0 Å². The van der Waals surface area contributed by atoms with Gasteiger partial charge in [0.25, 0.3) is 0 Å². The monoisotopic (exact) mass is 372 g/mol. The highest BCUT2D eigenvalue weighted by molar-refractivity contribution is 5.85. The Hall–Kier alpha value is -0.320. The summed E-state index contributed by atoms with van der Waals surface area (Å²) >= 11 is 0. The van der Waals surface area contributed by atoms with Gasteiger partial charge < -0.3 is 15.4 Å². The minimum atomic E-state index is 0. The fourth-order valence-corrected chi connectivity index (χ4v) is 5.34. The fraction of sp³-hybridized carbons (Fsp3) is 0.950. The molecule has 0 bridgehead atoms. The molecule has 0 aromatic heterocycles. The summed E-state index contributed by atoms with van der Waals surface area (Å²) in [6, 6.07) is 0.346. The Morgan fingerprint density at radius 3 is 2.68 bits per heavy atom. The molecule has 25 heavy (non-hydrogen) atoms. The summed E-state index contributed by atoms with van der Waals surface area (Å²) in [6.07, 6.45) is 11.0. The minimum absolute atomic E-state index is 0. The zero-order valence-corrected chi connectivity index (χ0v) is 16.8. The molecule has 0 aromatic rings. The smallest absolute Gasteiger partial charge is 0.220 e. The molecule has 1 aliphatic heterocycles. The number of ether oxygens (including phenoxy) is 1. The molecule has 2 N–H and O–H groups in total. The van der Waals surface area contributed by atoms with Gasteiger partial charge in [-0.3, -0.25) is 4.79 Å². The van der Waals surface area contributed by atoms with Crippen LogP contribution in [0.2, 0.25) is 0 Å². The maximum absolute atomic E-state index is 12.6. The summed E-state index contributed by atoms with van der Waals surface area (Å²) in [6.45, 7) is 7.34. The van der Waals surface area contributed by atoms with Crippen molar-refractivity contribution in [3.05, 3.63) is 0 Å². The number of hydrogen-bond acceptors (Lipinski definition) is 3. The third kappa shape index (κ3) is 4.70. The Morgan fingerprint density at radius 2 is 2.04 bits per heavy atom. The first kappa shape index (κ1) is 21.0. The number of piperidine rings is 1. The van der Waals surface area contributed by atoms with E-state index in [2.05, 4.69) is 24.5 Å². The van der Waals surface area contributed by atoms with Gasteiger partial charge in [-0.15, -0.1) is 12.4 Å². The maximum Gasteiger partial charge on any atom is 0.220 e. The van der Waals surface area contributed by atoms with Gasteiger partial charge in [0.05, 0.1) is 6.10 Å². The van der Waals surface area contributed by atoms with Gasteiger partial charge in [0.2, 0.25) is 5.91 Å². The van der Waals surface area contributed by atoms with Gasteiger partial charge in [-0.25, -0.2) is 0 Å². The molecule has 1 heterocycles. The summed E-state index contributed by atoms with van der Waals surface area (Å²) in [4.78, 5) is 12.6. The third-order valence-electron chi connectivity index (χ3n) is 6.92. The van der Waals surface area contributed by atoms with Crippen LogP contribution in [-0.4, -0.2) is 37.7 Å². The zero-order valence-electron chi connectivity index (χ0n) is 16.0. The third-order valence-corrected chi connectivity index (χ3v) is 6.92. The van der Waals surface area contributed by atoms with Crippen LogP contribution < -0.4 is 10.6 Å². The lowest BCUT2D eigenvalue weighted by molar-refractivity contribution is -0.157. The molecule has 2 saturated carbocycles. The highest BCUT2D eigenvalue weighted by atomic mass is 35.5. The fourth-order valence-electron chi connectivity index (χ4n) is 5.34. The molecule has 2 aliphatic carbocycles. The number of halogens is 1. The van der Waals surface area contributed by atoms with Gasteiger partial charge in [-0.05, 0) is 64.0 Å². The second kappa shape index (κ2) is 9.57. The first-order valence-corrected chi connectivity index (χ1v) is 10.3. The van der Waals surface area contributed by atoms with E-state index in [-0.39, 0.29) is 23.7 Å². The summed E-state index contributed by atoms with van der Waals surface area (Å²) in [5.74, 6) is 1.39. The molecule has 1 amide bonds. The van der Waals surface area contributed by atoms with E-state index < -0.39 is 0 Å². The first-order valence-electron chi connectivity index (χ1n) is 10.3. The Balaban J connectivity index is 0.00000225. The lowest BCUT2D eigenvalue weighted by atomic mass is 9.55. The standard InChI is InChI=1S/C20H36N2O2.ClH/c1-3-24-18-13-17(20(18)9-5-4-6-10-20)22-19(23)12-15(2)16-8-7-11-21-14-16;/h15-18,21H,3-14H2,1-2H3,(H,22,23);1H. The SMILES string of the molecule is CCOC1CC(NC(=O)CC(C)C2CCCNC2)C12CCCCC2.Cl. The van der Waals surface area contributed by atoms with Gasteiger partial charge in [-0.2, -0.15) is 0 Å². The number of carbonyl (C=O) groups excluding carboxylic acids is 1. The van der Waals surface area contributed by atoms with Gasteiger partial charge >= 0.3 is 0 Å². The lowest BCUT2D eigenvalue weighted by Gasteiger charge is -2.57. The van der Waals surface area contributed by atoms with E-state index in [1.165, 1.54) is 44.9 Å². The number of hydrogen-bond donors (Lipinski definition) is 2. The molecule has 4 atom stereocenters.